The van der Waals surface area contributed by atoms with Gasteiger partial charge in [0.1, 0.15) is 0 Å². The zero-order chi connectivity index (χ0) is 38.9. The summed E-state index contributed by atoms with van der Waals surface area (Å²) in [4.78, 5) is 2.34. The van der Waals surface area contributed by atoms with Crippen molar-refractivity contribution in [3.8, 4) is 27.9 Å². The van der Waals surface area contributed by atoms with Gasteiger partial charge < -0.3 is 14.0 Å². The van der Waals surface area contributed by atoms with Gasteiger partial charge >= 0.3 is 0 Å². The summed E-state index contributed by atoms with van der Waals surface area (Å²) in [5.41, 5.74) is 11.2. The molecule has 0 atom stereocenters. The van der Waals surface area contributed by atoms with E-state index in [1.807, 2.05) is 72.8 Å². The Balaban J connectivity index is 1.09. The van der Waals surface area contributed by atoms with E-state index in [4.69, 9.17) is 0 Å². The van der Waals surface area contributed by atoms with Crippen LogP contribution in [0.1, 0.15) is 0 Å². The molecule has 0 saturated carbocycles. The van der Waals surface area contributed by atoms with Crippen molar-refractivity contribution in [2.75, 3.05) is 4.90 Å². The minimum atomic E-state index is -3.10. The number of para-hydroxylation sites is 1. The van der Waals surface area contributed by atoms with E-state index in [-0.39, 0.29) is 0 Å². The molecule has 9 aromatic carbocycles. The van der Waals surface area contributed by atoms with Gasteiger partial charge in [-0.1, -0.05) is 164 Å². The summed E-state index contributed by atoms with van der Waals surface area (Å²) in [5.74, 6) is 0. The van der Waals surface area contributed by atoms with E-state index in [0.29, 0.717) is 0 Å². The summed E-state index contributed by atoms with van der Waals surface area (Å²) < 4.78 is 17.5. The van der Waals surface area contributed by atoms with Crippen LogP contribution in [0.5, 0.6) is 0 Å². The van der Waals surface area contributed by atoms with Crippen LogP contribution >= 0.6 is 7.14 Å². The van der Waals surface area contributed by atoms with E-state index in [2.05, 4.69) is 173 Å². The molecule has 10 rings (SSSR count). The third kappa shape index (κ3) is 6.33. The average molecular weight is 763 g/mol. The first-order valence-corrected chi connectivity index (χ1v) is 21.3. The van der Waals surface area contributed by atoms with Crippen LogP contribution in [-0.4, -0.2) is 4.57 Å². The van der Waals surface area contributed by atoms with Gasteiger partial charge in [0.15, 0.2) is 7.14 Å². The van der Waals surface area contributed by atoms with E-state index in [1.54, 1.807) is 0 Å². The Bertz CT molecular complexity index is 2910. The zero-order valence-electron chi connectivity index (χ0n) is 31.8. The van der Waals surface area contributed by atoms with Gasteiger partial charge in [-0.05, 0) is 95.1 Å². The topological polar surface area (TPSA) is 25.2 Å². The predicted octanol–water partition coefficient (Wildman–Crippen LogP) is 13.2. The quantitative estimate of drug-likeness (QED) is 0.137. The van der Waals surface area contributed by atoms with Gasteiger partial charge in [0.25, 0.3) is 0 Å². The second kappa shape index (κ2) is 15.0. The summed E-state index contributed by atoms with van der Waals surface area (Å²) in [5, 5.41) is 4.79. The molecule has 3 nitrogen and oxygen atoms in total. The number of hydrogen-bond acceptors (Lipinski definition) is 2. The first-order valence-electron chi connectivity index (χ1n) is 19.6. The lowest BCUT2D eigenvalue weighted by Crippen LogP contribution is -2.24. The van der Waals surface area contributed by atoms with Crippen molar-refractivity contribution < 1.29 is 4.57 Å². The Kier molecular flexibility index (Phi) is 9.14. The molecular formula is C54H39N2OP. The molecule has 0 N–H and O–H groups in total. The molecule has 0 aliphatic heterocycles. The molecule has 1 heterocycles. The maximum atomic E-state index is 15.1. The van der Waals surface area contributed by atoms with Crippen LogP contribution in [0.4, 0.5) is 17.1 Å². The molecular weight excluding hydrogens is 724 g/mol. The normalized spacial score (nSPS) is 11.5. The molecule has 10 aromatic rings. The minimum absolute atomic E-state index is 0.809. The van der Waals surface area contributed by atoms with Crippen molar-refractivity contribution in [3.63, 3.8) is 0 Å². The van der Waals surface area contributed by atoms with Crippen molar-refractivity contribution in [1.29, 1.82) is 0 Å². The van der Waals surface area contributed by atoms with Gasteiger partial charge in [0.2, 0.25) is 0 Å². The Morgan fingerprint density at radius 2 is 0.724 bits per heavy atom. The number of anilines is 3. The summed E-state index contributed by atoms with van der Waals surface area (Å²) in [6.07, 6.45) is 0. The highest BCUT2D eigenvalue weighted by molar-refractivity contribution is 7.85. The van der Waals surface area contributed by atoms with E-state index >= 15 is 4.57 Å². The first kappa shape index (κ1) is 35.2. The van der Waals surface area contributed by atoms with Crippen LogP contribution in [0.2, 0.25) is 0 Å². The van der Waals surface area contributed by atoms with Gasteiger partial charge in [0.05, 0.1) is 11.0 Å². The highest BCUT2D eigenvalue weighted by atomic mass is 31.2. The molecule has 0 aliphatic carbocycles. The molecule has 58 heavy (non-hydrogen) atoms. The summed E-state index contributed by atoms with van der Waals surface area (Å²) in [6, 6.07) is 82.1. The second-order valence-corrected chi connectivity index (χ2v) is 17.3. The maximum Gasteiger partial charge on any atom is 0.171 e. The summed E-state index contributed by atoms with van der Waals surface area (Å²) in [7, 11) is -3.10. The zero-order valence-corrected chi connectivity index (χ0v) is 32.7. The largest absolute Gasteiger partial charge is 0.310 e. The standard InChI is InChI=1S/C54H39N2OP/c57-58(48-19-9-3-10-20-48,49-21-11-4-12-22-49)50-36-33-46(34-37-50)56-53-24-14-13-23-51(53)52-39-47(35-38-54(52)56)55(44-29-25-42(26-30-44)40-15-5-1-6-16-40)45-31-27-43(28-32-45)41-17-7-2-8-18-41/h1-39H. The molecule has 4 heteroatoms. The molecule has 0 bridgehead atoms. The van der Waals surface area contributed by atoms with Crippen LogP contribution in [0, 0.1) is 0 Å². The monoisotopic (exact) mass is 762 g/mol. The second-order valence-electron chi connectivity index (χ2n) is 14.5. The number of rotatable bonds is 9. The van der Waals surface area contributed by atoms with E-state index in [0.717, 1.165) is 55.1 Å². The predicted molar refractivity (Wildman–Crippen MR) is 246 cm³/mol. The SMILES string of the molecule is O=P(c1ccccc1)(c1ccccc1)c1ccc(-n2c3ccccc3c3cc(N(c4ccc(-c5ccccc5)cc4)c4ccc(-c5ccccc5)cc4)ccc32)cc1. The Labute approximate surface area is 339 Å². The minimum Gasteiger partial charge on any atom is -0.310 e. The van der Waals surface area contributed by atoms with Crippen LogP contribution in [0.25, 0.3) is 49.7 Å². The Morgan fingerprint density at radius 3 is 1.24 bits per heavy atom. The smallest absolute Gasteiger partial charge is 0.171 e. The summed E-state index contributed by atoms with van der Waals surface area (Å²) >= 11 is 0. The molecule has 0 saturated heterocycles. The lowest BCUT2D eigenvalue weighted by Gasteiger charge is -2.26. The van der Waals surface area contributed by atoms with Crippen LogP contribution in [0.3, 0.4) is 0 Å². The lowest BCUT2D eigenvalue weighted by atomic mass is 10.0. The average Bonchev–Trinajstić information content (AvgIpc) is 3.64. The number of nitrogens with zero attached hydrogens (tertiary/aromatic N) is 2. The highest BCUT2D eigenvalue weighted by Gasteiger charge is 2.29. The van der Waals surface area contributed by atoms with Crippen molar-refractivity contribution in [2.45, 2.75) is 0 Å². The van der Waals surface area contributed by atoms with E-state index in [1.165, 1.54) is 27.6 Å². The fourth-order valence-electron chi connectivity index (χ4n) is 8.23. The fraction of sp³-hybridized carbons (Fsp3) is 0. The molecule has 0 radical (unpaired) electrons. The molecule has 0 amide bonds. The van der Waals surface area contributed by atoms with Crippen LogP contribution in [0.15, 0.2) is 237 Å². The third-order valence-corrected chi connectivity index (χ3v) is 14.2. The summed E-state index contributed by atoms with van der Waals surface area (Å²) in [6.45, 7) is 0. The van der Waals surface area contributed by atoms with Crippen molar-refractivity contribution in [2.24, 2.45) is 0 Å². The molecule has 1 aromatic heterocycles. The van der Waals surface area contributed by atoms with Gasteiger partial charge in [-0.25, -0.2) is 0 Å². The fourth-order valence-corrected chi connectivity index (χ4v) is 10.9. The maximum absolute atomic E-state index is 15.1. The molecule has 276 valence electrons. The number of fused-ring (bicyclic) bond motifs is 3. The number of benzene rings is 9. The Morgan fingerprint density at radius 1 is 0.328 bits per heavy atom. The molecule has 0 spiro atoms. The highest BCUT2D eigenvalue weighted by Crippen LogP contribution is 2.44. The van der Waals surface area contributed by atoms with E-state index in [9.17, 15) is 0 Å². The third-order valence-electron chi connectivity index (χ3n) is 11.1. The van der Waals surface area contributed by atoms with Gasteiger partial charge in [-0.3, -0.25) is 0 Å². The van der Waals surface area contributed by atoms with Crippen molar-refractivity contribution in [3.05, 3.63) is 237 Å². The first-order chi connectivity index (χ1) is 28.6. The van der Waals surface area contributed by atoms with E-state index < -0.39 is 7.14 Å². The van der Waals surface area contributed by atoms with Gasteiger partial charge in [-0.15, -0.1) is 0 Å². The lowest BCUT2D eigenvalue weighted by molar-refractivity contribution is 0.592. The molecule has 0 fully saturated rings. The van der Waals surface area contributed by atoms with Crippen molar-refractivity contribution >= 4 is 61.9 Å². The molecule has 0 unspecified atom stereocenters. The number of hydrogen-bond donors (Lipinski definition) is 0. The number of aromatic nitrogens is 1. The van der Waals surface area contributed by atoms with Crippen LogP contribution < -0.4 is 20.8 Å². The molecule has 0 aliphatic rings. The Hall–Kier alpha value is -7.19. The van der Waals surface area contributed by atoms with Crippen molar-refractivity contribution in [1.82, 2.24) is 4.57 Å². The van der Waals surface area contributed by atoms with Gasteiger partial charge in [0, 0.05) is 49.4 Å². The van der Waals surface area contributed by atoms with Gasteiger partial charge in [-0.2, -0.15) is 0 Å². The van der Waals surface area contributed by atoms with Crippen LogP contribution in [-0.2, 0) is 4.57 Å².